The fraction of sp³-hybridized carbons (Fsp3) is 0.133. The normalized spacial score (nSPS) is 10.7. The molecule has 3 aromatic rings. The van der Waals surface area contributed by atoms with Gasteiger partial charge in [-0.15, -0.1) is 11.3 Å². The van der Waals surface area contributed by atoms with Crippen molar-refractivity contribution in [2.24, 2.45) is 0 Å². The van der Waals surface area contributed by atoms with E-state index in [2.05, 4.69) is 28.7 Å². The van der Waals surface area contributed by atoms with E-state index in [0.29, 0.717) is 5.02 Å². The van der Waals surface area contributed by atoms with Crippen LogP contribution in [-0.2, 0) is 6.54 Å². The molecule has 0 aliphatic rings. The predicted molar refractivity (Wildman–Crippen MR) is 85.0 cm³/mol. The van der Waals surface area contributed by atoms with E-state index in [-0.39, 0.29) is 0 Å². The van der Waals surface area contributed by atoms with Crippen LogP contribution in [0.1, 0.15) is 10.4 Å². The second kappa shape index (κ2) is 5.69. The number of hydrogen-bond donors (Lipinski definition) is 1. The number of rotatable bonds is 4. The summed E-state index contributed by atoms with van der Waals surface area (Å²) in [5, 5.41) is 6.28. The maximum absolute atomic E-state index is 6.33. The summed E-state index contributed by atoms with van der Waals surface area (Å²) in [6, 6.07) is 8.01. The number of nitrogens with one attached hydrogen (secondary N) is 1. The van der Waals surface area contributed by atoms with Crippen LogP contribution in [0.15, 0.2) is 48.4 Å². The number of nitrogens with zero attached hydrogens (tertiary/aromatic N) is 2. The number of thiophene rings is 1. The molecule has 1 N–H and O–H groups in total. The smallest absolute Gasteiger partial charge is 0.0992 e. The van der Waals surface area contributed by atoms with Gasteiger partial charge in [0.25, 0.3) is 0 Å². The fourth-order valence-electron chi connectivity index (χ4n) is 2.07. The second-order valence-electron chi connectivity index (χ2n) is 4.49. The quantitative estimate of drug-likeness (QED) is 0.768. The van der Waals surface area contributed by atoms with Gasteiger partial charge in [-0.3, -0.25) is 0 Å². The Kier molecular flexibility index (Phi) is 3.76. The number of imidazole rings is 1. The molecule has 20 heavy (non-hydrogen) atoms. The van der Waals surface area contributed by atoms with E-state index >= 15 is 0 Å². The summed E-state index contributed by atoms with van der Waals surface area (Å²) in [5.41, 5.74) is 3.25. The van der Waals surface area contributed by atoms with E-state index in [1.807, 2.05) is 29.0 Å². The van der Waals surface area contributed by atoms with E-state index < -0.39 is 0 Å². The lowest BCUT2D eigenvalue weighted by Crippen LogP contribution is -2.04. The molecule has 0 spiro atoms. The van der Waals surface area contributed by atoms with E-state index in [1.54, 1.807) is 23.9 Å². The van der Waals surface area contributed by atoms with Crippen molar-refractivity contribution in [2.75, 3.05) is 5.32 Å². The monoisotopic (exact) mass is 303 g/mol. The van der Waals surface area contributed by atoms with Crippen LogP contribution in [-0.4, -0.2) is 9.55 Å². The zero-order chi connectivity index (χ0) is 13.9. The van der Waals surface area contributed by atoms with Gasteiger partial charge in [-0.2, -0.15) is 0 Å². The molecule has 2 heterocycles. The molecule has 0 aliphatic carbocycles. The lowest BCUT2D eigenvalue weighted by molar-refractivity contribution is 1.04. The Labute approximate surface area is 126 Å². The Hall–Kier alpha value is -1.78. The average Bonchev–Trinajstić information content (AvgIpc) is 3.08. The van der Waals surface area contributed by atoms with Crippen LogP contribution in [0.5, 0.6) is 0 Å². The molecule has 0 fully saturated rings. The van der Waals surface area contributed by atoms with Gasteiger partial charge in [-0.05, 0) is 36.1 Å². The Balaban J connectivity index is 1.90. The van der Waals surface area contributed by atoms with E-state index in [1.165, 1.54) is 10.4 Å². The third-order valence-corrected chi connectivity index (χ3v) is 4.48. The van der Waals surface area contributed by atoms with Gasteiger partial charge in [0, 0.05) is 23.8 Å². The number of hydrogen-bond acceptors (Lipinski definition) is 3. The highest BCUT2D eigenvalue weighted by Crippen LogP contribution is 2.29. The third kappa shape index (κ3) is 2.57. The van der Waals surface area contributed by atoms with Crippen molar-refractivity contribution < 1.29 is 0 Å². The Bertz CT molecular complexity index is 704. The molecule has 0 bridgehead atoms. The first kappa shape index (κ1) is 13.2. The molecule has 2 aromatic heterocycles. The van der Waals surface area contributed by atoms with Gasteiger partial charge in [0.15, 0.2) is 0 Å². The summed E-state index contributed by atoms with van der Waals surface area (Å²) in [6.07, 6.45) is 5.39. The van der Waals surface area contributed by atoms with Crippen molar-refractivity contribution in [3.05, 3.63) is 63.8 Å². The summed E-state index contributed by atoms with van der Waals surface area (Å²) in [6.45, 7) is 2.92. The summed E-state index contributed by atoms with van der Waals surface area (Å²) < 4.78 is 1.92. The first-order chi connectivity index (χ1) is 9.75. The molecule has 0 radical (unpaired) electrons. The molecule has 0 aliphatic heterocycles. The van der Waals surface area contributed by atoms with E-state index in [9.17, 15) is 0 Å². The van der Waals surface area contributed by atoms with E-state index in [0.717, 1.165) is 17.9 Å². The predicted octanol–water partition coefficient (Wildman–Crippen LogP) is 4.51. The molecular weight excluding hydrogens is 290 g/mol. The summed E-state index contributed by atoms with van der Waals surface area (Å²) >= 11 is 8.09. The van der Waals surface area contributed by atoms with Crippen LogP contribution in [0.4, 0.5) is 5.69 Å². The van der Waals surface area contributed by atoms with Crippen LogP contribution in [0.3, 0.4) is 0 Å². The minimum absolute atomic E-state index is 0.705. The maximum Gasteiger partial charge on any atom is 0.0992 e. The number of aromatic nitrogens is 2. The average molecular weight is 304 g/mol. The van der Waals surface area contributed by atoms with Crippen molar-refractivity contribution >= 4 is 28.6 Å². The highest BCUT2D eigenvalue weighted by atomic mass is 35.5. The van der Waals surface area contributed by atoms with Crippen molar-refractivity contribution in [3.63, 3.8) is 0 Å². The molecule has 1 aromatic carbocycles. The molecule has 0 saturated heterocycles. The molecule has 0 saturated carbocycles. The van der Waals surface area contributed by atoms with Gasteiger partial charge in [-0.25, -0.2) is 4.98 Å². The summed E-state index contributed by atoms with van der Waals surface area (Å²) in [4.78, 5) is 5.42. The molecule has 0 amide bonds. The van der Waals surface area contributed by atoms with Crippen LogP contribution in [0.2, 0.25) is 5.02 Å². The molecule has 3 rings (SSSR count). The number of benzene rings is 1. The van der Waals surface area contributed by atoms with Gasteiger partial charge in [0.05, 0.1) is 22.7 Å². The van der Waals surface area contributed by atoms with Gasteiger partial charge in [-0.1, -0.05) is 17.7 Å². The first-order valence-electron chi connectivity index (χ1n) is 6.29. The zero-order valence-electron chi connectivity index (χ0n) is 11.0. The first-order valence-corrected chi connectivity index (χ1v) is 7.55. The van der Waals surface area contributed by atoms with Crippen LogP contribution >= 0.6 is 22.9 Å². The summed E-state index contributed by atoms with van der Waals surface area (Å²) in [7, 11) is 0. The topological polar surface area (TPSA) is 29.9 Å². The zero-order valence-corrected chi connectivity index (χ0v) is 12.6. The number of anilines is 1. The van der Waals surface area contributed by atoms with Crippen LogP contribution in [0.25, 0.3) is 5.69 Å². The van der Waals surface area contributed by atoms with Crippen molar-refractivity contribution in [1.82, 2.24) is 9.55 Å². The Morgan fingerprint density at radius 2 is 2.25 bits per heavy atom. The van der Waals surface area contributed by atoms with Crippen molar-refractivity contribution in [3.8, 4) is 5.69 Å². The Morgan fingerprint density at radius 1 is 1.35 bits per heavy atom. The maximum atomic E-state index is 6.33. The van der Waals surface area contributed by atoms with Gasteiger partial charge >= 0.3 is 0 Å². The minimum atomic E-state index is 0.705. The molecule has 0 unspecified atom stereocenters. The minimum Gasteiger partial charge on any atom is -0.378 e. The third-order valence-electron chi connectivity index (χ3n) is 3.16. The van der Waals surface area contributed by atoms with Crippen molar-refractivity contribution in [1.29, 1.82) is 0 Å². The standard InChI is InChI=1S/C15H14ClN3S/c1-11-5-8-20-14(11)9-18-13-4-2-3-12(16)15(13)19-7-6-17-10-19/h2-8,10,18H,9H2,1H3. The second-order valence-corrected chi connectivity index (χ2v) is 5.89. The molecule has 3 nitrogen and oxygen atoms in total. The highest BCUT2D eigenvalue weighted by molar-refractivity contribution is 7.10. The number of para-hydroxylation sites is 1. The van der Waals surface area contributed by atoms with Gasteiger partial charge < -0.3 is 9.88 Å². The lowest BCUT2D eigenvalue weighted by Gasteiger charge is -2.14. The molecule has 0 atom stereocenters. The molecular formula is C15H14ClN3S. The number of halogens is 1. The number of aryl methyl sites for hydroxylation is 1. The van der Waals surface area contributed by atoms with Crippen LogP contribution < -0.4 is 5.32 Å². The van der Waals surface area contributed by atoms with Gasteiger partial charge in [0.1, 0.15) is 0 Å². The highest BCUT2D eigenvalue weighted by Gasteiger charge is 2.09. The Morgan fingerprint density at radius 3 is 2.95 bits per heavy atom. The molecule has 102 valence electrons. The lowest BCUT2D eigenvalue weighted by atomic mass is 10.2. The summed E-state index contributed by atoms with van der Waals surface area (Å²) in [5.74, 6) is 0. The van der Waals surface area contributed by atoms with Gasteiger partial charge in [0.2, 0.25) is 0 Å². The van der Waals surface area contributed by atoms with Crippen molar-refractivity contribution in [2.45, 2.75) is 13.5 Å². The van der Waals surface area contributed by atoms with E-state index in [4.69, 9.17) is 11.6 Å². The SMILES string of the molecule is Cc1ccsc1CNc1cccc(Cl)c1-n1ccnc1. The largest absolute Gasteiger partial charge is 0.378 e. The fourth-order valence-corrected chi connectivity index (χ4v) is 3.19. The molecule has 5 heteroatoms. The van der Waals surface area contributed by atoms with Crippen LogP contribution in [0, 0.1) is 6.92 Å².